The molecule has 8 nitrogen and oxygen atoms in total. The van der Waals surface area contributed by atoms with Gasteiger partial charge in [0.15, 0.2) is 11.4 Å². The van der Waals surface area contributed by atoms with Crippen LogP contribution in [0.3, 0.4) is 0 Å². The highest BCUT2D eigenvalue weighted by atomic mass is 19.1. The van der Waals surface area contributed by atoms with E-state index < -0.39 is 45.7 Å². The van der Waals surface area contributed by atoms with Crippen molar-refractivity contribution in [2.45, 2.75) is 25.3 Å². The molecular weight excluding hydrogens is 410 g/mol. The second-order valence-corrected chi connectivity index (χ2v) is 7.93. The first kappa shape index (κ1) is 20.6. The Balaban J connectivity index is 1.91. The summed E-state index contributed by atoms with van der Waals surface area (Å²) in [7, 11) is 0. The average Bonchev–Trinajstić information content (AvgIpc) is 2.69. The number of aromatic nitrogens is 1. The van der Waals surface area contributed by atoms with Crippen molar-refractivity contribution in [1.29, 1.82) is 0 Å². The Bertz CT molecular complexity index is 1190. The smallest absolute Gasteiger partial charge is 0.278 e. The molecule has 0 fully saturated rings. The highest BCUT2D eigenvalue weighted by molar-refractivity contribution is 5.99. The van der Waals surface area contributed by atoms with Crippen molar-refractivity contribution in [3.63, 3.8) is 0 Å². The van der Waals surface area contributed by atoms with Gasteiger partial charge in [0, 0.05) is 25.2 Å². The molecule has 2 bridgehead atoms. The van der Waals surface area contributed by atoms with Crippen LogP contribution in [0, 0.1) is 11.6 Å². The number of hydrogen-bond acceptors (Lipinski definition) is 5. The van der Waals surface area contributed by atoms with Gasteiger partial charge in [0.1, 0.15) is 23.9 Å². The molecule has 162 valence electrons. The minimum absolute atomic E-state index is 0.0516. The van der Waals surface area contributed by atoms with Gasteiger partial charge in [0.05, 0.1) is 5.54 Å². The van der Waals surface area contributed by atoms with Crippen LogP contribution in [0.5, 0.6) is 5.75 Å². The van der Waals surface area contributed by atoms with Crippen molar-refractivity contribution in [2.75, 3.05) is 18.2 Å². The normalized spacial score (nSPS) is 20.3. The van der Waals surface area contributed by atoms with E-state index in [-0.39, 0.29) is 30.9 Å². The second-order valence-electron chi connectivity index (χ2n) is 7.93. The van der Waals surface area contributed by atoms with Crippen LogP contribution in [0.1, 0.15) is 39.8 Å². The van der Waals surface area contributed by atoms with E-state index >= 15 is 0 Å². The lowest BCUT2D eigenvalue weighted by atomic mass is 9.87. The zero-order valence-electron chi connectivity index (χ0n) is 16.6. The largest absolute Gasteiger partial charge is 0.502 e. The van der Waals surface area contributed by atoms with E-state index in [9.17, 15) is 28.3 Å². The average molecular weight is 430 g/mol. The number of carbonyl (C=O) groups excluding carboxylic acids is 2. The highest BCUT2D eigenvalue weighted by Crippen LogP contribution is 2.32. The molecule has 1 aromatic heterocycles. The van der Waals surface area contributed by atoms with Gasteiger partial charge in [-0.15, -0.1) is 0 Å². The van der Waals surface area contributed by atoms with Gasteiger partial charge >= 0.3 is 0 Å². The summed E-state index contributed by atoms with van der Waals surface area (Å²) in [6, 6.07) is 3.31. The Labute approximate surface area is 175 Å². The van der Waals surface area contributed by atoms with Crippen molar-refractivity contribution in [3.05, 3.63) is 75.2 Å². The minimum atomic E-state index is -1.05. The standard InChI is InChI=1S/C21H20F2N4O4/c1-21(9-12-4-5-13(22)8-15(12)23)6-2-3-7-25-11-27(21)26-10-14(19(24)30)17(28)18(29)16(26)20(25)31/h2-5,8,10,29H,6-7,9,11H2,1H3,(H2,24,30). The Kier molecular flexibility index (Phi) is 4.79. The van der Waals surface area contributed by atoms with E-state index in [1.54, 1.807) is 11.1 Å². The third kappa shape index (κ3) is 3.33. The monoisotopic (exact) mass is 430 g/mol. The van der Waals surface area contributed by atoms with Crippen LogP contribution < -0.4 is 16.2 Å². The number of fused-ring (bicyclic) bond motifs is 4. The predicted octanol–water partition coefficient (Wildman–Crippen LogP) is 1.24. The summed E-state index contributed by atoms with van der Waals surface area (Å²) in [5.74, 6) is -3.93. The van der Waals surface area contributed by atoms with Gasteiger partial charge in [-0.05, 0) is 25.0 Å². The van der Waals surface area contributed by atoms with Crippen molar-refractivity contribution in [1.82, 2.24) is 9.58 Å². The van der Waals surface area contributed by atoms with E-state index in [1.165, 1.54) is 15.6 Å². The molecule has 2 amide bonds. The van der Waals surface area contributed by atoms with E-state index in [0.717, 1.165) is 18.3 Å². The molecule has 2 aliphatic heterocycles. The van der Waals surface area contributed by atoms with Crippen LogP contribution in [-0.4, -0.2) is 45.2 Å². The number of rotatable bonds is 3. The number of primary amides is 1. The van der Waals surface area contributed by atoms with Crippen molar-refractivity contribution < 1.29 is 23.5 Å². The van der Waals surface area contributed by atoms with Crippen LogP contribution in [-0.2, 0) is 6.42 Å². The maximum absolute atomic E-state index is 14.4. The summed E-state index contributed by atoms with van der Waals surface area (Å²) in [6.45, 7) is 2.10. The van der Waals surface area contributed by atoms with Crippen LogP contribution >= 0.6 is 0 Å². The van der Waals surface area contributed by atoms with Crippen LogP contribution in [0.4, 0.5) is 8.78 Å². The molecule has 1 aromatic carbocycles. The molecule has 1 atom stereocenters. The SMILES string of the molecule is CC1(Cc2ccc(F)cc2F)CC=CCN2CN1n1cc(C(N)=O)c(=O)c(O)c1C2=O. The molecule has 4 rings (SSSR count). The first-order valence-electron chi connectivity index (χ1n) is 9.57. The molecule has 3 heterocycles. The zero-order chi connectivity index (χ0) is 22.5. The van der Waals surface area contributed by atoms with Crippen molar-refractivity contribution in [3.8, 4) is 5.75 Å². The lowest BCUT2D eigenvalue weighted by Gasteiger charge is -2.50. The zero-order valence-corrected chi connectivity index (χ0v) is 16.6. The molecule has 1 unspecified atom stereocenters. The van der Waals surface area contributed by atoms with E-state index in [0.29, 0.717) is 6.42 Å². The molecule has 0 saturated heterocycles. The summed E-state index contributed by atoms with van der Waals surface area (Å²) in [5, 5.41) is 12.1. The summed E-state index contributed by atoms with van der Waals surface area (Å²) < 4.78 is 29.1. The summed E-state index contributed by atoms with van der Waals surface area (Å²) in [4.78, 5) is 38.5. The number of nitrogens with two attached hydrogens (primary N) is 1. The molecule has 0 radical (unpaired) electrons. The molecular formula is C21H20F2N4O4. The third-order valence-electron chi connectivity index (χ3n) is 5.74. The lowest BCUT2D eigenvalue weighted by Crippen LogP contribution is -2.64. The lowest BCUT2D eigenvalue weighted by molar-refractivity contribution is 0.0669. The molecule has 31 heavy (non-hydrogen) atoms. The number of nitrogens with zero attached hydrogens (tertiary/aromatic N) is 3. The molecule has 0 spiro atoms. The quantitative estimate of drug-likeness (QED) is 0.713. The van der Waals surface area contributed by atoms with Crippen molar-refractivity contribution in [2.24, 2.45) is 5.73 Å². The van der Waals surface area contributed by atoms with Gasteiger partial charge < -0.3 is 15.7 Å². The fourth-order valence-electron chi connectivity index (χ4n) is 4.05. The number of benzene rings is 1. The fraction of sp³-hybridized carbons (Fsp3) is 0.286. The summed E-state index contributed by atoms with van der Waals surface area (Å²) in [6.07, 6.45) is 5.26. The van der Waals surface area contributed by atoms with E-state index in [1.807, 2.05) is 13.0 Å². The van der Waals surface area contributed by atoms with Crippen LogP contribution in [0.2, 0.25) is 0 Å². The van der Waals surface area contributed by atoms with Gasteiger partial charge in [0.2, 0.25) is 5.43 Å². The number of hydrogen-bond donors (Lipinski definition) is 2. The summed E-state index contributed by atoms with van der Waals surface area (Å²) in [5.41, 5.74) is 2.85. The number of pyridine rings is 1. The topological polar surface area (TPSA) is 109 Å². The Hall–Kier alpha value is -3.69. The number of carbonyl (C=O) groups is 2. The van der Waals surface area contributed by atoms with Gasteiger partial charge in [-0.2, -0.15) is 0 Å². The Morgan fingerprint density at radius 2 is 2.00 bits per heavy atom. The molecule has 0 aliphatic carbocycles. The number of halogens is 2. The Morgan fingerprint density at radius 1 is 1.26 bits per heavy atom. The van der Waals surface area contributed by atoms with Gasteiger partial charge in [0.25, 0.3) is 11.8 Å². The van der Waals surface area contributed by atoms with E-state index in [4.69, 9.17) is 5.73 Å². The van der Waals surface area contributed by atoms with Gasteiger partial charge in [-0.3, -0.25) is 24.1 Å². The predicted molar refractivity (Wildman–Crippen MR) is 107 cm³/mol. The maximum Gasteiger partial charge on any atom is 0.278 e. The van der Waals surface area contributed by atoms with E-state index in [2.05, 4.69) is 0 Å². The molecule has 2 aromatic rings. The van der Waals surface area contributed by atoms with Gasteiger partial charge in [-0.1, -0.05) is 18.2 Å². The molecule has 10 heteroatoms. The van der Waals surface area contributed by atoms with Crippen LogP contribution in [0.25, 0.3) is 0 Å². The highest BCUT2D eigenvalue weighted by Gasteiger charge is 2.42. The minimum Gasteiger partial charge on any atom is -0.502 e. The Morgan fingerprint density at radius 3 is 2.68 bits per heavy atom. The summed E-state index contributed by atoms with van der Waals surface area (Å²) >= 11 is 0. The van der Waals surface area contributed by atoms with Gasteiger partial charge in [-0.25, -0.2) is 8.78 Å². The first-order valence-corrected chi connectivity index (χ1v) is 9.57. The molecule has 3 N–H and O–H groups in total. The third-order valence-corrected chi connectivity index (χ3v) is 5.74. The van der Waals surface area contributed by atoms with Crippen molar-refractivity contribution >= 4 is 11.8 Å². The van der Waals surface area contributed by atoms with Crippen LogP contribution in [0.15, 0.2) is 41.3 Å². The first-order chi connectivity index (χ1) is 14.6. The molecule has 0 saturated carbocycles. The number of amides is 2. The molecule has 2 aliphatic rings. The second kappa shape index (κ2) is 7.22. The fourth-order valence-corrected chi connectivity index (χ4v) is 4.05. The maximum atomic E-state index is 14.4. The number of aromatic hydroxyl groups is 1.